The molecule has 222 valence electrons. The Kier molecular flexibility index (Phi) is 9.60. The van der Waals surface area contributed by atoms with Crippen LogP contribution in [0.4, 0.5) is 21.9 Å². The van der Waals surface area contributed by atoms with Crippen LogP contribution in [0.1, 0.15) is 55.1 Å². The molecule has 1 atom stereocenters. The first-order chi connectivity index (χ1) is 19.5. The largest absolute Gasteiger partial charge is 0.443 e. The molecule has 0 saturated carbocycles. The van der Waals surface area contributed by atoms with Gasteiger partial charge in [-0.3, -0.25) is 14.5 Å². The molecule has 1 aliphatic rings. The van der Waals surface area contributed by atoms with Gasteiger partial charge in [0.05, 0.1) is 22.2 Å². The van der Waals surface area contributed by atoms with Crippen LogP contribution in [-0.2, 0) is 16.0 Å². The van der Waals surface area contributed by atoms with E-state index in [-0.39, 0.29) is 10.6 Å². The fourth-order valence-corrected chi connectivity index (χ4v) is 5.79. The summed E-state index contributed by atoms with van der Waals surface area (Å²) in [6, 6.07) is 14.4. The Morgan fingerprint density at radius 1 is 0.857 bits per heavy atom. The van der Waals surface area contributed by atoms with Crippen LogP contribution in [0.5, 0.6) is 0 Å². The van der Waals surface area contributed by atoms with Crippen LogP contribution in [0.15, 0.2) is 54.6 Å². The highest BCUT2D eigenvalue weighted by Gasteiger charge is 2.38. The van der Waals surface area contributed by atoms with Gasteiger partial charge in [-0.15, -0.1) is 23.2 Å². The van der Waals surface area contributed by atoms with Crippen molar-refractivity contribution in [1.82, 2.24) is 0 Å². The number of hydrogen-bond donors (Lipinski definition) is 2. The third-order valence-electron chi connectivity index (χ3n) is 6.31. The second kappa shape index (κ2) is 12.5. The summed E-state index contributed by atoms with van der Waals surface area (Å²) in [7, 11) is 0. The molecule has 0 bridgehead atoms. The van der Waals surface area contributed by atoms with Crippen LogP contribution in [0, 0.1) is 0 Å². The monoisotopic (exact) mass is 669 g/mol. The molecule has 0 fully saturated rings. The smallest absolute Gasteiger partial charge is 0.414 e. The number of hydrogen-bond acceptors (Lipinski definition) is 4. The van der Waals surface area contributed by atoms with Gasteiger partial charge in [0.15, 0.2) is 0 Å². The Labute approximate surface area is 269 Å². The summed E-state index contributed by atoms with van der Waals surface area (Å²) in [5.41, 5.74) is 2.38. The Balaban J connectivity index is 1.51. The second-order valence-corrected chi connectivity index (χ2v) is 14.0. The molecule has 0 aliphatic carbocycles. The molecule has 1 unspecified atom stereocenters. The lowest BCUT2D eigenvalue weighted by atomic mass is 9.94. The minimum absolute atomic E-state index is 0.132. The second-order valence-electron chi connectivity index (χ2n) is 11.0. The standard InChI is InChI=1S/C30H28Cl5N3O4/c1-29(2,3)42-28(41)38-10-9-16-13-20(6-8-24(16)38)36-26(39)22-15-21(5-7-23(22)33)37-27(40)25(30(4,34)35)17-11-18(31)14-19(32)12-17/h5-8,11-15,25H,9-10H2,1-4H3,(H,36,39)(H,37,40). The molecule has 2 N–H and O–H groups in total. The lowest BCUT2D eigenvalue weighted by Gasteiger charge is -2.26. The lowest BCUT2D eigenvalue weighted by Crippen LogP contribution is -2.35. The third-order valence-corrected chi connectivity index (χ3v) is 7.52. The zero-order valence-electron chi connectivity index (χ0n) is 23.2. The number of carbonyl (C=O) groups is 3. The summed E-state index contributed by atoms with van der Waals surface area (Å²) < 4.78 is 3.98. The maximum absolute atomic E-state index is 13.4. The quantitative estimate of drug-likeness (QED) is 0.256. The van der Waals surface area contributed by atoms with Crippen molar-refractivity contribution in [2.45, 2.75) is 50.0 Å². The predicted octanol–water partition coefficient (Wildman–Crippen LogP) is 9.11. The number of carbonyl (C=O) groups excluding carboxylic acids is 3. The SMILES string of the molecule is CC(C)(C)OC(=O)N1CCc2cc(NC(=O)c3cc(NC(=O)C(c4cc(Cl)cc(Cl)c4)C(C)(Cl)Cl)ccc3Cl)ccc21. The number of ether oxygens (including phenoxy) is 1. The summed E-state index contributed by atoms with van der Waals surface area (Å²) in [6.45, 7) is 7.39. The van der Waals surface area contributed by atoms with Gasteiger partial charge in [-0.2, -0.15) is 0 Å². The molecule has 0 saturated heterocycles. The first-order valence-electron chi connectivity index (χ1n) is 12.9. The summed E-state index contributed by atoms with van der Waals surface area (Å²) in [6.07, 6.45) is 0.188. The van der Waals surface area contributed by atoms with Gasteiger partial charge in [-0.25, -0.2) is 4.79 Å². The normalized spacial score (nSPS) is 13.8. The Hall–Kier alpha value is -2.68. The highest BCUT2D eigenvalue weighted by atomic mass is 35.5. The van der Waals surface area contributed by atoms with E-state index < -0.39 is 33.8 Å². The van der Waals surface area contributed by atoms with Crippen molar-refractivity contribution in [2.75, 3.05) is 22.1 Å². The van der Waals surface area contributed by atoms with E-state index in [2.05, 4.69) is 10.6 Å². The molecule has 42 heavy (non-hydrogen) atoms. The molecular formula is C30H28Cl5N3O4. The molecule has 3 aromatic rings. The van der Waals surface area contributed by atoms with Crippen molar-refractivity contribution < 1.29 is 19.1 Å². The number of nitrogens with zero attached hydrogens (tertiary/aromatic N) is 1. The van der Waals surface area contributed by atoms with E-state index in [4.69, 9.17) is 62.7 Å². The number of rotatable bonds is 6. The Morgan fingerprint density at radius 3 is 2.10 bits per heavy atom. The van der Waals surface area contributed by atoms with Gasteiger partial charge in [-0.05, 0) is 99.8 Å². The van der Waals surface area contributed by atoms with Crippen LogP contribution in [0.25, 0.3) is 0 Å². The van der Waals surface area contributed by atoms with Gasteiger partial charge in [0.1, 0.15) is 9.93 Å². The van der Waals surface area contributed by atoms with Crippen LogP contribution in [0.3, 0.4) is 0 Å². The molecule has 0 spiro atoms. The number of amides is 3. The zero-order chi connectivity index (χ0) is 31.0. The van der Waals surface area contributed by atoms with Crippen LogP contribution in [-0.4, -0.2) is 34.4 Å². The molecule has 0 radical (unpaired) electrons. The topological polar surface area (TPSA) is 87.7 Å². The minimum atomic E-state index is -1.52. The minimum Gasteiger partial charge on any atom is -0.443 e. The van der Waals surface area contributed by atoms with Crippen LogP contribution < -0.4 is 15.5 Å². The molecule has 1 aliphatic heterocycles. The number of alkyl halides is 2. The number of fused-ring (bicyclic) bond motifs is 1. The van der Waals surface area contributed by atoms with Crippen molar-refractivity contribution in [1.29, 1.82) is 0 Å². The van der Waals surface area contributed by atoms with Crippen molar-refractivity contribution in [3.8, 4) is 0 Å². The summed E-state index contributed by atoms with van der Waals surface area (Å²) >= 11 is 31.4. The van der Waals surface area contributed by atoms with Gasteiger partial charge in [-0.1, -0.05) is 34.8 Å². The molecule has 7 nitrogen and oxygen atoms in total. The summed E-state index contributed by atoms with van der Waals surface area (Å²) in [5, 5.41) is 6.41. The fourth-order valence-electron chi connectivity index (χ4n) is 4.59. The number of halogens is 5. The average molecular weight is 672 g/mol. The Bertz CT molecular complexity index is 1530. The highest BCUT2D eigenvalue weighted by molar-refractivity contribution is 6.50. The number of anilines is 3. The molecule has 4 rings (SSSR count). The summed E-state index contributed by atoms with van der Waals surface area (Å²) in [4.78, 5) is 40.8. The van der Waals surface area contributed by atoms with Crippen LogP contribution >= 0.6 is 58.0 Å². The van der Waals surface area contributed by atoms with Crippen LogP contribution in [0.2, 0.25) is 15.1 Å². The van der Waals surface area contributed by atoms with E-state index in [1.54, 1.807) is 41.3 Å². The predicted molar refractivity (Wildman–Crippen MR) is 171 cm³/mol. The first-order valence-corrected chi connectivity index (χ1v) is 14.8. The van der Waals surface area contributed by atoms with E-state index in [9.17, 15) is 14.4 Å². The Morgan fingerprint density at radius 2 is 1.48 bits per heavy atom. The average Bonchev–Trinajstić information content (AvgIpc) is 3.26. The molecular weight excluding hydrogens is 644 g/mol. The van der Waals surface area contributed by atoms with Gasteiger partial charge < -0.3 is 15.4 Å². The van der Waals surface area contributed by atoms with E-state index in [1.807, 2.05) is 20.8 Å². The molecule has 12 heteroatoms. The van der Waals surface area contributed by atoms with Crippen molar-refractivity contribution in [3.05, 3.63) is 86.4 Å². The van der Waals surface area contributed by atoms with Gasteiger partial charge in [0.2, 0.25) is 5.91 Å². The van der Waals surface area contributed by atoms with E-state index >= 15 is 0 Å². The van der Waals surface area contributed by atoms with Crippen molar-refractivity contribution in [2.24, 2.45) is 0 Å². The maximum Gasteiger partial charge on any atom is 0.414 e. The molecule has 1 heterocycles. The van der Waals surface area contributed by atoms with E-state index in [1.165, 1.54) is 25.1 Å². The first kappa shape index (κ1) is 32.2. The molecule has 3 aromatic carbocycles. The lowest BCUT2D eigenvalue weighted by molar-refractivity contribution is -0.117. The van der Waals surface area contributed by atoms with E-state index in [0.717, 1.165) is 11.3 Å². The van der Waals surface area contributed by atoms with Gasteiger partial charge in [0, 0.05) is 28.0 Å². The maximum atomic E-state index is 13.4. The molecule has 3 amide bonds. The highest BCUT2D eigenvalue weighted by Crippen LogP contribution is 2.40. The van der Waals surface area contributed by atoms with Crippen molar-refractivity contribution in [3.63, 3.8) is 0 Å². The van der Waals surface area contributed by atoms with Gasteiger partial charge >= 0.3 is 6.09 Å². The third kappa shape index (κ3) is 7.82. The number of nitrogens with one attached hydrogen (secondary N) is 2. The van der Waals surface area contributed by atoms with Gasteiger partial charge in [0.25, 0.3) is 5.91 Å². The molecule has 0 aromatic heterocycles. The van der Waals surface area contributed by atoms with E-state index in [0.29, 0.717) is 39.9 Å². The summed E-state index contributed by atoms with van der Waals surface area (Å²) in [5.74, 6) is -2.07. The van der Waals surface area contributed by atoms with Crippen molar-refractivity contribution >= 4 is 93.0 Å². The fraction of sp³-hybridized carbons (Fsp3) is 0.300. The zero-order valence-corrected chi connectivity index (χ0v) is 26.9. The number of benzene rings is 3.